The van der Waals surface area contributed by atoms with Crippen LogP contribution in [0.15, 0.2) is 24.3 Å². The number of fused-ring (bicyclic) bond motifs is 1. The summed E-state index contributed by atoms with van der Waals surface area (Å²) in [5.74, 6) is 2.05. The monoisotopic (exact) mass is 441 g/mol. The van der Waals surface area contributed by atoms with Crippen LogP contribution in [0, 0.1) is 23.7 Å². The van der Waals surface area contributed by atoms with E-state index in [-0.39, 0.29) is 29.8 Å². The molecule has 2 aliphatic heterocycles. The summed E-state index contributed by atoms with van der Waals surface area (Å²) in [6.07, 6.45) is 2.76. The third-order valence-electron chi connectivity index (χ3n) is 7.67. The maximum absolute atomic E-state index is 12.9. The van der Waals surface area contributed by atoms with Gasteiger partial charge in [-0.2, -0.15) is 0 Å². The molecule has 4 atom stereocenters. The van der Waals surface area contributed by atoms with Crippen molar-refractivity contribution in [3.05, 3.63) is 24.3 Å². The first-order valence-corrected chi connectivity index (χ1v) is 12.4. The molecule has 2 saturated heterocycles. The molecule has 0 spiro atoms. The first-order chi connectivity index (χ1) is 15.3. The zero-order valence-electron chi connectivity index (χ0n) is 20.1. The van der Waals surface area contributed by atoms with E-state index >= 15 is 0 Å². The summed E-state index contributed by atoms with van der Waals surface area (Å²) < 4.78 is 6.00. The fourth-order valence-electron chi connectivity index (χ4n) is 5.61. The fraction of sp³-hybridized carbons (Fsp3) is 0.692. The zero-order chi connectivity index (χ0) is 22.8. The van der Waals surface area contributed by atoms with Crippen molar-refractivity contribution in [2.75, 3.05) is 44.2 Å². The Hall–Kier alpha value is -2.08. The molecule has 1 aromatic rings. The third-order valence-corrected chi connectivity index (χ3v) is 7.67. The normalized spacial score (nSPS) is 29.0. The first-order valence-electron chi connectivity index (χ1n) is 12.4. The predicted molar refractivity (Wildman–Crippen MR) is 127 cm³/mol. The molecule has 0 N–H and O–H groups in total. The van der Waals surface area contributed by atoms with E-state index in [0.717, 1.165) is 57.7 Å². The largest absolute Gasteiger partial charge is 0.489 e. The molecule has 0 aromatic heterocycles. The second-order valence-corrected chi connectivity index (χ2v) is 10.3. The molecular formula is C26H39N3O3. The summed E-state index contributed by atoms with van der Waals surface area (Å²) in [5.41, 5.74) is 1.17. The Labute approximate surface area is 192 Å². The number of amides is 2. The Balaban J connectivity index is 1.25. The average molecular weight is 442 g/mol. The zero-order valence-corrected chi connectivity index (χ0v) is 20.1. The van der Waals surface area contributed by atoms with Crippen molar-refractivity contribution in [2.45, 2.75) is 53.1 Å². The molecule has 4 unspecified atom stereocenters. The van der Waals surface area contributed by atoms with Crippen LogP contribution in [0.5, 0.6) is 5.75 Å². The molecule has 2 heterocycles. The summed E-state index contributed by atoms with van der Waals surface area (Å²) in [6.45, 7) is 13.9. The smallest absolute Gasteiger partial charge is 0.233 e. The molecule has 6 nitrogen and oxygen atoms in total. The highest BCUT2D eigenvalue weighted by Crippen LogP contribution is 2.43. The average Bonchev–Trinajstić information content (AvgIpc) is 2.99. The van der Waals surface area contributed by atoms with E-state index in [1.807, 2.05) is 12.1 Å². The number of carbonyl (C=O) groups excluding carboxylic acids is 2. The van der Waals surface area contributed by atoms with E-state index < -0.39 is 0 Å². The molecular weight excluding hydrogens is 402 g/mol. The summed E-state index contributed by atoms with van der Waals surface area (Å²) in [7, 11) is 0. The molecule has 176 valence electrons. The Morgan fingerprint density at radius 2 is 1.50 bits per heavy atom. The molecule has 3 fully saturated rings. The second kappa shape index (κ2) is 9.82. The Morgan fingerprint density at radius 3 is 2.09 bits per heavy atom. The number of para-hydroxylation sites is 2. The van der Waals surface area contributed by atoms with Gasteiger partial charge in [-0.15, -0.1) is 0 Å². The van der Waals surface area contributed by atoms with E-state index in [9.17, 15) is 9.59 Å². The Morgan fingerprint density at radius 1 is 0.906 bits per heavy atom. The van der Waals surface area contributed by atoms with Crippen molar-refractivity contribution in [1.82, 2.24) is 9.80 Å². The topological polar surface area (TPSA) is 53.1 Å². The molecule has 1 saturated carbocycles. The van der Waals surface area contributed by atoms with E-state index in [4.69, 9.17) is 4.74 Å². The number of benzene rings is 1. The van der Waals surface area contributed by atoms with E-state index in [1.54, 1.807) is 4.90 Å². The standard InChI is InChI=1S/C26H39N3O3/c1-18(2)32-24-9-6-5-8-23(24)28-14-12-27(13-15-28)10-7-11-29-25(30)21-16-19(3)20(4)17-22(21)26(29)31/h5-6,8-9,18-22H,7,10-17H2,1-4H3. The van der Waals surface area contributed by atoms with Gasteiger partial charge in [0.1, 0.15) is 5.75 Å². The molecule has 1 aliphatic carbocycles. The lowest BCUT2D eigenvalue weighted by atomic mass is 9.70. The summed E-state index contributed by atoms with van der Waals surface area (Å²) in [4.78, 5) is 32.2. The van der Waals surface area contributed by atoms with Gasteiger partial charge in [-0.25, -0.2) is 0 Å². The highest BCUT2D eigenvalue weighted by molar-refractivity contribution is 6.05. The highest BCUT2D eigenvalue weighted by Gasteiger charge is 2.50. The minimum atomic E-state index is -0.0645. The number of hydrogen-bond acceptors (Lipinski definition) is 5. The quantitative estimate of drug-likeness (QED) is 0.605. The van der Waals surface area contributed by atoms with Gasteiger partial charge in [-0.1, -0.05) is 26.0 Å². The number of rotatable bonds is 7. The van der Waals surface area contributed by atoms with Crippen molar-refractivity contribution in [1.29, 1.82) is 0 Å². The number of likely N-dealkylation sites (tertiary alicyclic amines) is 1. The Bertz CT molecular complexity index is 790. The summed E-state index contributed by atoms with van der Waals surface area (Å²) in [5, 5.41) is 0. The van der Waals surface area contributed by atoms with Gasteiger partial charge in [-0.05, 0) is 63.6 Å². The fourth-order valence-corrected chi connectivity index (χ4v) is 5.61. The number of hydrogen-bond donors (Lipinski definition) is 0. The Kier molecular flexibility index (Phi) is 7.08. The van der Waals surface area contributed by atoms with Gasteiger partial charge in [-0.3, -0.25) is 19.4 Å². The minimum absolute atomic E-state index is 0.0645. The molecule has 0 radical (unpaired) electrons. The van der Waals surface area contributed by atoms with Gasteiger partial charge in [0.05, 0.1) is 23.6 Å². The van der Waals surface area contributed by atoms with Crippen molar-refractivity contribution < 1.29 is 14.3 Å². The number of carbonyl (C=O) groups is 2. The molecule has 4 rings (SSSR count). The first kappa shape index (κ1) is 23.1. The van der Waals surface area contributed by atoms with E-state index in [2.05, 4.69) is 49.6 Å². The highest BCUT2D eigenvalue weighted by atomic mass is 16.5. The maximum Gasteiger partial charge on any atom is 0.233 e. The molecule has 3 aliphatic rings. The maximum atomic E-state index is 12.9. The van der Waals surface area contributed by atoms with E-state index in [1.165, 1.54) is 5.69 Å². The SMILES string of the molecule is CC(C)Oc1ccccc1N1CCN(CCCN2C(=O)C3CC(C)C(C)CC3C2=O)CC1. The van der Waals surface area contributed by atoms with Crippen LogP contribution in [0.2, 0.25) is 0 Å². The van der Waals surface area contributed by atoms with Crippen molar-refractivity contribution >= 4 is 17.5 Å². The van der Waals surface area contributed by atoms with Crippen LogP contribution < -0.4 is 9.64 Å². The van der Waals surface area contributed by atoms with Crippen LogP contribution in [-0.4, -0.2) is 67.0 Å². The number of ether oxygens (including phenoxy) is 1. The van der Waals surface area contributed by atoms with Crippen LogP contribution in [0.4, 0.5) is 5.69 Å². The van der Waals surface area contributed by atoms with E-state index in [0.29, 0.717) is 18.4 Å². The molecule has 32 heavy (non-hydrogen) atoms. The van der Waals surface area contributed by atoms with Crippen LogP contribution in [-0.2, 0) is 9.59 Å². The lowest BCUT2D eigenvalue weighted by molar-refractivity contribution is -0.140. The third kappa shape index (κ3) is 4.80. The number of anilines is 1. The van der Waals surface area contributed by atoms with Crippen molar-refractivity contribution in [2.24, 2.45) is 23.7 Å². The van der Waals surface area contributed by atoms with Crippen LogP contribution in [0.1, 0.15) is 47.0 Å². The van der Waals surface area contributed by atoms with Gasteiger partial charge in [0.25, 0.3) is 0 Å². The van der Waals surface area contributed by atoms with Crippen LogP contribution in [0.25, 0.3) is 0 Å². The predicted octanol–water partition coefficient (Wildman–Crippen LogP) is 3.65. The second-order valence-electron chi connectivity index (χ2n) is 10.3. The van der Waals surface area contributed by atoms with Gasteiger partial charge in [0.2, 0.25) is 11.8 Å². The molecule has 6 heteroatoms. The summed E-state index contributed by atoms with van der Waals surface area (Å²) in [6, 6.07) is 8.28. The lowest BCUT2D eigenvalue weighted by Crippen LogP contribution is -2.47. The molecule has 1 aromatic carbocycles. The minimum Gasteiger partial charge on any atom is -0.489 e. The van der Waals surface area contributed by atoms with Gasteiger partial charge < -0.3 is 9.64 Å². The van der Waals surface area contributed by atoms with Gasteiger partial charge in [0, 0.05) is 32.7 Å². The van der Waals surface area contributed by atoms with Crippen LogP contribution >= 0.6 is 0 Å². The van der Waals surface area contributed by atoms with Crippen molar-refractivity contribution in [3.8, 4) is 5.75 Å². The number of imide groups is 1. The van der Waals surface area contributed by atoms with Crippen LogP contribution in [0.3, 0.4) is 0 Å². The van der Waals surface area contributed by atoms with Gasteiger partial charge in [0.15, 0.2) is 0 Å². The van der Waals surface area contributed by atoms with Gasteiger partial charge >= 0.3 is 0 Å². The summed E-state index contributed by atoms with van der Waals surface area (Å²) >= 11 is 0. The van der Waals surface area contributed by atoms with Crippen molar-refractivity contribution in [3.63, 3.8) is 0 Å². The molecule has 2 amide bonds. The number of piperazine rings is 1. The number of nitrogens with zero attached hydrogens (tertiary/aromatic N) is 3. The lowest BCUT2D eigenvalue weighted by Gasteiger charge is -2.37. The molecule has 0 bridgehead atoms.